The fourth-order valence-electron chi connectivity index (χ4n) is 2.91. The van der Waals surface area contributed by atoms with Gasteiger partial charge in [-0.25, -0.2) is 8.42 Å². The molecule has 0 radical (unpaired) electrons. The van der Waals surface area contributed by atoms with E-state index in [2.05, 4.69) is 30.1 Å². The Morgan fingerprint density at radius 2 is 1.81 bits per heavy atom. The molecule has 0 bridgehead atoms. The van der Waals surface area contributed by atoms with Crippen LogP contribution in [0.2, 0.25) is 0 Å². The maximum atomic E-state index is 12.3. The van der Waals surface area contributed by atoms with E-state index < -0.39 is 10.0 Å². The van der Waals surface area contributed by atoms with Crippen LogP contribution in [0.5, 0.6) is 0 Å². The fourth-order valence-corrected chi connectivity index (χ4v) is 4.14. The Morgan fingerprint density at radius 1 is 1.19 bits per heavy atom. The van der Waals surface area contributed by atoms with Crippen LogP contribution < -0.4 is 10.2 Å². The van der Waals surface area contributed by atoms with Crippen LogP contribution in [0.4, 0.5) is 11.4 Å². The second kappa shape index (κ2) is 9.92. The first-order valence-corrected chi connectivity index (χ1v) is 11.1. The van der Waals surface area contributed by atoms with Gasteiger partial charge in [0.25, 0.3) is 0 Å². The lowest BCUT2D eigenvalue weighted by Crippen LogP contribution is -2.39. The highest BCUT2D eigenvalue weighted by atomic mass is 32.2. The number of nitrogens with one attached hydrogen (secondary N) is 1. The highest BCUT2D eigenvalue weighted by Gasteiger charge is 2.22. The lowest BCUT2D eigenvalue weighted by molar-refractivity contribution is -0.116. The Kier molecular flexibility index (Phi) is 8.56. The smallest absolute Gasteiger partial charge is 0.225 e. The molecule has 26 heavy (non-hydrogen) atoms. The molecule has 0 aliphatic rings. The summed E-state index contributed by atoms with van der Waals surface area (Å²) in [5, 5.41) is 2.90. The fraction of sp³-hybridized carbons (Fsp3) is 0.632. The molecule has 0 aromatic heterocycles. The van der Waals surface area contributed by atoms with Gasteiger partial charge in [-0.15, -0.1) is 0 Å². The van der Waals surface area contributed by atoms with Crippen LogP contribution in [0.15, 0.2) is 18.2 Å². The minimum atomic E-state index is -3.33. The molecule has 1 rings (SSSR count). The first-order chi connectivity index (χ1) is 12.1. The third-order valence-corrected chi connectivity index (χ3v) is 6.07. The second-order valence-electron chi connectivity index (χ2n) is 6.60. The number of carbonyl (C=O) groups is 1. The van der Waals surface area contributed by atoms with Crippen LogP contribution in [0.3, 0.4) is 0 Å². The number of hydrogen-bond donors (Lipinski definition) is 1. The summed E-state index contributed by atoms with van der Waals surface area (Å²) in [7, 11) is -3.33. The van der Waals surface area contributed by atoms with Crippen molar-refractivity contribution in [2.75, 3.05) is 36.1 Å². The van der Waals surface area contributed by atoms with Gasteiger partial charge in [-0.05, 0) is 57.9 Å². The van der Waals surface area contributed by atoms with Gasteiger partial charge < -0.3 is 10.2 Å². The molecule has 1 amide bonds. The molecular formula is C19H33N3O3S. The number of amides is 1. The maximum absolute atomic E-state index is 12.3. The van der Waals surface area contributed by atoms with Gasteiger partial charge in [0, 0.05) is 43.5 Å². The number of sulfonamides is 1. The van der Waals surface area contributed by atoms with E-state index in [1.807, 2.05) is 32.9 Å². The number of hydrogen-bond acceptors (Lipinski definition) is 4. The molecule has 1 atom stereocenters. The molecule has 148 valence electrons. The molecule has 1 unspecified atom stereocenters. The van der Waals surface area contributed by atoms with Crippen LogP contribution in [-0.2, 0) is 14.8 Å². The Bertz CT molecular complexity index is 700. The van der Waals surface area contributed by atoms with Gasteiger partial charge in [-0.3, -0.25) is 4.79 Å². The summed E-state index contributed by atoms with van der Waals surface area (Å²) >= 11 is 0. The number of benzene rings is 1. The van der Waals surface area contributed by atoms with Crippen molar-refractivity contribution in [3.05, 3.63) is 23.8 Å². The molecule has 7 heteroatoms. The molecule has 0 spiro atoms. The van der Waals surface area contributed by atoms with E-state index in [-0.39, 0.29) is 24.9 Å². The monoisotopic (exact) mass is 383 g/mol. The Morgan fingerprint density at radius 3 is 2.27 bits per heavy atom. The average Bonchev–Trinajstić information content (AvgIpc) is 2.57. The Hall–Kier alpha value is -1.60. The molecule has 0 aliphatic carbocycles. The van der Waals surface area contributed by atoms with Gasteiger partial charge in [0.15, 0.2) is 0 Å². The molecule has 0 fully saturated rings. The molecule has 6 nitrogen and oxygen atoms in total. The number of nitrogens with zero attached hydrogens (tertiary/aromatic N) is 2. The van der Waals surface area contributed by atoms with Gasteiger partial charge in [0.1, 0.15) is 0 Å². The summed E-state index contributed by atoms with van der Waals surface area (Å²) in [6.07, 6.45) is 2.03. The summed E-state index contributed by atoms with van der Waals surface area (Å²) < 4.78 is 25.2. The van der Waals surface area contributed by atoms with Crippen molar-refractivity contribution in [1.82, 2.24) is 4.31 Å². The number of aryl methyl sites for hydroxylation is 1. The van der Waals surface area contributed by atoms with Crippen molar-refractivity contribution < 1.29 is 13.2 Å². The highest BCUT2D eigenvalue weighted by Crippen LogP contribution is 2.23. The largest absolute Gasteiger partial charge is 0.372 e. The normalized spacial score (nSPS) is 12.9. The first kappa shape index (κ1) is 22.4. The van der Waals surface area contributed by atoms with Crippen molar-refractivity contribution in [2.45, 2.75) is 53.5 Å². The molecule has 0 saturated heterocycles. The van der Waals surface area contributed by atoms with Gasteiger partial charge in [-0.1, -0.05) is 6.92 Å². The van der Waals surface area contributed by atoms with E-state index in [1.165, 1.54) is 10.6 Å². The van der Waals surface area contributed by atoms with Gasteiger partial charge in [-0.2, -0.15) is 4.31 Å². The van der Waals surface area contributed by atoms with Crippen LogP contribution in [0.25, 0.3) is 0 Å². The van der Waals surface area contributed by atoms with Crippen LogP contribution >= 0.6 is 0 Å². The van der Waals surface area contributed by atoms with E-state index in [1.54, 1.807) is 0 Å². The zero-order valence-corrected chi connectivity index (χ0v) is 17.7. The standard InChI is InChI=1S/C19H33N3O3S/c1-7-16(5)22(26(6,24)25)13-12-19(23)20-18-11-10-17(14-15(18)4)21(8-2)9-3/h10-11,14,16H,7-9,12-13H2,1-6H3,(H,20,23). The predicted molar refractivity (Wildman–Crippen MR) is 109 cm³/mol. The second-order valence-corrected chi connectivity index (χ2v) is 8.54. The lowest BCUT2D eigenvalue weighted by Gasteiger charge is -2.25. The van der Waals surface area contributed by atoms with Gasteiger partial charge >= 0.3 is 0 Å². The highest BCUT2D eigenvalue weighted by molar-refractivity contribution is 7.88. The zero-order chi connectivity index (χ0) is 19.9. The van der Waals surface area contributed by atoms with Crippen molar-refractivity contribution in [1.29, 1.82) is 0 Å². The maximum Gasteiger partial charge on any atom is 0.225 e. The minimum Gasteiger partial charge on any atom is -0.372 e. The summed E-state index contributed by atoms with van der Waals surface area (Å²) in [4.78, 5) is 14.5. The number of carbonyl (C=O) groups excluding carboxylic acids is 1. The Labute approximate surface area is 158 Å². The Balaban J connectivity index is 2.76. The summed E-state index contributed by atoms with van der Waals surface area (Å²) in [6, 6.07) is 5.85. The third-order valence-electron chi connectivity index (χ3n) is 4.68. The van der Waals surface area contributed by atoms with E-state index in [0.717, 1.165) is 30.0 Å². The van der Waals surface area contributed by atoms with E-state index >= 15 is 0 Å². The summed E-state index contributed by atoms with van der Waals surface area (Å²) in [6.45, 7) is 12.0. The zero-order valence-electron chi connectivity index (χ0n) is 16.9. The first-order valence-electron chi connectivity index (χ1n) is 9.26. The molecule has 0 saturated carbocycles. The number of rotatable bonds is 10. The molecule has 0 heterocycles. The van der Waals surface area contributed by atoms with Gasteiger partial charge in [0.05, 0.1) is 6.26 Å². The van der Waals surface area contributed by atoms with E-state index in [0.29, 0.717) is 6.42 Å². The summed E-state index contributed by atoms with van der Waals surface area (Å²) in [5.74, 6) is -0.180. The topological polar surface area (TPSA) is 69.7 Å². The predicted octanol–water partition coefficient (Wildman–Crippen LogP) is 3.23. The minimum absolute atomic E-state index is 0.118. The third kappa shape index (κ3) is 6.29. The van der Waals surface area contributed by atoms with Crippen LogP contribution in [0.1, 0.15) is 46.1 Å². The number of anilines is 2. The van der Waals surface area contributed by atoms with Crippen LogP contribution in [-0.4, -0.2) is 50.6 Å². The SMILES string of the molecule is CCC(C)N(CCC(=O)Nc1ccc(N(CC)CC)cc1C)S(C)(=O)=O. The quantitative estimate of drug-likeness (QED) is 0.673. The molecule has 0 aliphatic heterocycles. The van der Waals surface area contributed by atoms with Crippen LogP contribution in [0, 0.1) is 6.92 Å². The molecule has 1 aromatic rings. The van der Waals surface area contributed by atoms with E-state index in [9.17, 15) is 13.2 Å². The van der Waals surface area contributed by atoms with Crippen molar-refractivity contribution in [3.63, 3.8) is 0 Å². The van der Waals surface area contributed by atoms with Crippen molar-refractivity contribution in [2.24, 2.45) is 0 Å². The average molecular weight is 384 g/mol. The van der Waals surface area contributed by atoms with Gasteiger partial charge in [0.2, 0.25) is 15.9 Å². The lowest BCUT2D eigenvalue weighted by atomic mass is 10.1. The van der Waals surface area contributed by atoms with Crippen molar-refractivity contribution in [3.8, 4) is 0 Å². The molecule has 1 aromatic carbocycles. The van der Waals surface area contributed by atoms with E-state index in [4.69, 9.17) is 0 Å². The molecular weight excluding hydrogens is 350 g/mol. The van der Waals surface area contributed by atoms with Crippen molar-refractivity contribution >= 4 is 27.3 Å². The summed E-state index contributed by atoms with van der Waals surface area (Å²) in [5.41, 5.74) is 2.88. The molecule has 1 N–H and O–H groups in total.